The summed E-state index contributed by atoms with van der Waals surface area (Å²) in [5, 5.41) is 4.09. The maximum Gasteiger partial charge on any atom is 0.322 e. The molecule has 172 valence electrons. The molecule has 2 fully saturated rings. The first-order valence-corrected chi connectivity index (χ1v) is 11.7. The number of anilines is 2. The largest absolute Gasteiger partial charge is 0.494 e. The van der Waals surface area contributed by atoms with E-state index < -0.39 is 0 Å². The van der Waals surface area contributed by atoms with E-state index in [1.807, 2.05) is 19.1 Å². The van der Waals surface area contributed by atoms with Gasteiger partial charge in [0.25, 0.3) is 0 Å². The summed E-state index contributed by atoms with van der Waals surface area (Å²) in [7, 11) is 1.69. The summed E-state index contributed by atoms with van der Waals surface area (Å²) >= 11 is 0. The average molecular weight is 446 g/mol. The molecule has 2 aromatic carbocycles. The average Bonchev–Trinajstić information content (AvgIpc) is 3.27. The van der Waals surface area contributed by atoms with Crippen LogP contribution >= 0.6 is 0 Å². The third-order valence-corrected chi connectivity index (χ3v) is 6.69. The van der Waals surface area contributed by atoms with E-state index in [4.69, 9.17) is 4.74 Å². The Morgan fingerprint density at radius 2 is 1.76 bits per heavy atom. The van der Waals surface area contributed by atoms with Crippen LogP contribution in [0.1, 0.15) is 11.3 Å². The minimum absolute atomic E-state index is 0.0552. The number of methoxy groups -OCH3 is 1. The van der Waals surface area contributed by atoms with Crippen LogP contribution in [0.5, 0.6) is 5.75 Å². The van der Waals surface area contributed by atoms with Crippen LogP contribution in [0.3, 0.4) is 0 Å². The van der Waals surface area contributed by atoms with Crippen LogP contribution in [0.2, 0.25) is 0 Å². The van der Waals surface area contributed by atoms with Crippen LogP contribution < -0.4 is 19.9 Å². The van der Waals surface area contributed by atoms with Crippen molar-refractivity contribution in [2.75, 3.05) is 62.7 Å². The number of piperazine rings is 1. The van der Waals surface area contributed by atoms with Crippen molar-refractivity contribution in [2.45, 2.75) is 13.3 Å². The quantitative estimate of drug-likeness (QED) is 0.630. The van der Waals surface area contributed by atoms with Crippen LogP contribution in [0, 0.1) is 6.92 Å². The lowest BCUT2D eigenvalue weighted by Crippen LogP contribution is -2.47. The molecule has 0 saturated carbocycles. The van der Waals surface area contributed by atoms with Crippen molar-refractivity contribution >= 4 is 28.3 Å². The normalized spacial score (nSPS) is 17.0. The van der Waals surface area contributed by atoms with E-state index in [1.54, 1.807) is 12.0 Å². The van der Waals surface area contributed by atoms with Gasteiger partial charge in [-0.25, -0.2) is 4.79 Å². The number of aromatic nitrogens is 1. The Labute approximate surface area is 194 Å². The fourth-order valence-electron chi connectivity index (χ4n) is 4.93. The number of carbonyl (C=O) groups is 1. The predicted octanol–water partition coefficient (Wildman–Crippen LogP) is 3.45. The molecular weight excluding hydrogens is 414 g/mol. The van der Waals surface area contributed by atoms with Crippen molar-refractivity contribution in [1.82, 2.24) is 15.2 Å². The van der Waals surface area contributed by atoms with Crippen molar-refractivity contribution in [3.63, 3.8) is 0 Å². The molecule has 0 unspecified atom stereocenters. The Morgan fingerprint density at radius 3 is 2.52 bits per heavy atom. The van der Waals surface area contributed by atoms with Crippen LogP contribution in [-0.4, -0.2) is 68.8 Å². The zero-order chi connectivity index (χ0) is 22.8. The van der Waals surface area contributed by atoms with Gasteiger partial charge in [0.1, 0.15) is 5.75 Å². The van der Waals surface area contributed by atoms with Crippen LogP contribution in [0.15, 0.2) is 48.5 Å². The SMILES string of the molecule is COc1c(CCN2CCN(c3cccc4nc(C)ccc34)CC2)cccc1N1CCNC1=O. The molecule has 2 amide bonds. The van der Waals surface area contributed by atoms with Gasteiger partial charge in [0.05, 0.1) is 18.3 Å². The molecule has 7 nitrogen and oxygen atoms in total. The monoisotopic (exact) mass is 445 g/mol. The summed E-state index contributed by atoms with van der Waals surface area (Å²) < 4.78 is 5.75. The molecule has 33 heavy (non-hydrogen) atoms. The van der Waals surface area contributed by atoms with Gasteiger partial charge >= 0.3 is 6.03 Å². The standard InChI is InChI=1S/C26H31N5O2/c1-19-9-10-21-22(28-19)6-4-7-23(21)30-17-15-29(16-18-30)13-11-20-5-3-8-24(25(20)33-2)31-14-12-27-26(31)32/h3-10H,11-18H2,1-2H3,(H,27,32). The van der Waals surface area contributed by atoms with Crippen molar-refractivity contribution in [2.24, 2.45) is 0 Å². The van der Waals surface area contributed by atoms with E-state index in [9.17, 15) is 4.79 Å². The minimum Gasteiger partial charge on any atom is -0.494 e. The number of nitrogens with one attached hydrogen (secondary N) is 1. The molecule has 7 heteroatoms. The smallest absolute Gasteiger partial charge is 0.322 e. The summed E-state index contributed by atoms with van der Waals surface area (Å²) in [5.74, 6) is 0.812. The Balaban J connectivity index is 1.23. The third kappa shape index (κ3) is 4.33. The van der Waals surface area contributed by atoms with Gasteiger partial charge in [0.2, 0.25) is 0 Å². The first kappa shape index (κ1) is 21.5. The Hall–Kier alpha value is -3.32. The van der Waals surface area contributed by atoms with E-state index in [0.29, 0.717) is 13.1 Å². The zero-order valence-corrected chi connectivity index (χ0v) is 19.4. The number of urea groups is 1. The highest BCUT2D eigenvalue weighted by molar-refractivity contribution is 5.96. The van der Waals surface area contributed by atoms with Gasteiger partial charge in [-0.2, -0.15) is 0 Å². The summed E-state index contributed by atoms with van der Waals surface area (Å²) in [4.78, 5) is 23.6. The van der Waals surface area contributed by atoms with Gasteiger partial charge in [-0.05, 0) is 49.2 Å². The van der Waals surface area contributed by atoms with Crippen LogP contribution in [-0.2, 0) is 6.42 Å². The molecule has 2 aliphatic rings. The molecule has 5 rings (SSSR count). The molecule has 3 aromatic rings. The van der Waals surface area contributed by atoms with E-state index >= 15 is 0 Å². The number of nitrogens with zero attached hydrogens (tertiary/aromatic N) is 4. The van der Waals surface area contributed by atoms with Crippen molar-refractivity contribution in [3.05, 3.63) is 59.8 Å². The lowest BCUT2D eigenvalue weighted by molar-refractivity contribution is 0.252. The molecule has 3 heterocycles. The second-order valence-corrected chi connectivity index (χ2v) is 8.73. The fourth-order valence-corrected chi connectivity index (χ4v) is 4.93. The molecule has 1 N–H and O–H groups in total. The number of benzene rings is 2. The van der Waals surface area contributed by atoms with Gasteiger partial charge in [-0.3, -0.25) is 14.8 Å². The molecule has 0 spiro atoms. The predicted molar refractivity (Wildman–Crippen MR) is 133 cm³/mol. The number of amides is 2. The maximum atomic E-state index is 12.1. The molecule has 0 atom stereocenters. The number of aryl methyl sites for hydroxylation is 1. The van der Waals surface area contributed by atoms with Crippen molar-refractivity contribution < 1.29 is 9.53 Å². The van der Waals surface area contributed by atoms with E-state index in [1.165, 1.54) is 11.1 Å². The lowest BCUT2D eigenvalue weighted by Gasteiger charge is -2.36. The molecular formula is C26H31N5O2. The third-order valence-electron chi connectivity index (χ3n) is 6.69. The van der Waals surface area contributed by atoms with Gasteiger partial charge in [-0.15, -0.1) is 0 Å². The molecule has 1 aromatic heterocycles. The van der Waals surface area contributed by atoms with E-state index in [0.717, 1.165) is 67.4 Å². The second-order valence-electron chi connectivity index (χ2n) is 8.73. The first-order valence-electron chi connectivity index (χ1n) is 11.7. The maximum absolute atomic E-state index is 12.1. The molecule has 0 radical (unpaired) electrons. The number of hydrogen-bond acceptors (Lipinski definition) is 5. The van der Waals surface area contributed by atoms with E-state index in [-0.39, 0.29) is 6.03 Å². The van der Waals surface area contributed by atoms with Crippen molar-refractivity contribution in [1.29, 1.82) is 0 Å². The number of rotatable bonds is 6. The number of carbonyl (C=O) groups excluding carboxylic acids is 1. The highest BCUT2D eigenvalue weighted by Crippen LogP contribution is 2.33. The van der Waals surface area contributed by atoms with Crippen LogP contribution in [0.4, 0.5) is 16.2 Å². The Morgan fingerprint density at radius 1 is 0.970 bits per heavy atom. The van der Waals surface area contributed by atoms with E-state index in [2.05, 4.69) is 56.5 Å². The number of fused-ring (bicyclic) bond motifs is 1. The summed E-state index contributed by atoms with van der Waals surface area (Å²) in [6.45, 7) is 8.38. The molecule has 2 saturated heterocycles. The molecule has 2 aliphatic heterocycles. The van der Waals surface area contributed by atoms with Gasteiger partial charge in [0, 0.05) is 62.6 Å². The number of pyridine rings is 1. The molecule has 0 aliphatic carbocycles. The lowest BCUT2D eigenvalue weighted by atomic mass is 10.1. The Kier molecular flexibility index (Phi) is 6.05. The Bertz CT molecular complexity index is 1160. The summed E-state index contributed by atoms with van der Waals surface area (Å²) in [5.41, 5.74) is 5.39. The first-order chi connectivity index (χ1) is 16.1. The van der Waals surface area contributed by atoms with Crippen molar-refractivity contribution in [3.8, 4) is 5.75 Å². The highest BCUT2D eigenvalue weighted by Gasteiger charge is 2.25. The number of para-hydroxylation sites is 1. The number of ether oxygens (including phenoxy) is 1. The zero-order valence-electron chi connectivity index (χ0n) is 19.4. The van der Waals surface area contributed by atoms with Gasteiger partial charge in [-0.1, -0.05) is 18.2 Å². The van der Waals surface area contributed by atoms with Gasteiger partial charge in [0.15, 0.2) is 0 Å². The number of hydrogen-bond donors (Lipinski definition) is 1. The van der Waals surface area contributed by atoms with Crippen LogP contribution in [0.25, 0.3) is 10.9 Å². The van der Waals surface area contributed by atoms with Gasteiger partial charge < -0.3 is 15.0 Å². The second kappa shape index (κ2) is 9.27. The minimum atomic E-state index is -0.0552. The summed E-state index contributed by atoms with van der Waals surface area (Å²) in [6.07, 6.45) is 0.893. The fraction of sp³-hybridized carbons (Fsp3) is 0.385. The highest BCUT2D eigenvalue weighted by atomic mass is 16.5. The topological polar surface area (TPSA) is 60.9 Å². The summed E-state index contributed by atoms with van der Waals surface area (Å²) in [6, 6.07) is 16.7. The molecule has 0 bridgehead atoms.